The van der Waals surface area contributed by atoms with Gasteiger partial charge in [0.1, 0.15) is 11.6 Å². The van der Waals surface area contributed by atoms with Gasteiger partial charge in [0.25, 0.3) is 0 Å². The zero-order chi connectivity index (χ0) is 12.8. The highest BCUT2D eigenvalue weighted by atomic mass is 15.0. The van der Waals surface area contributed by atoms with Crippen molar-refractivity contribution in [2.24, 2.45) is 0 Å². The van der Waals surface area contributed by atoms with Crippen LogP contribution in [0.2, 0.25) is 0 Å². The Labute approximate surface area is 112 Å². The molecule has 1 heterocycles. The van der Waals surface area contributed by atoms with Crippen LogP contribution in [0.15, 0.2) is 24.3 Å². The molecule has 19 heavy (non-hydrogen) atoms. The number of rotatable bonds is 1. The van der Waals surface area contributed by atoms with Gasteiger partial charge < -0.3 is 5.73 Å². The lowest BCUT2D eigenvalue weighted by molar-refractivity contribution is 0.722. The summed E-state index contributed by atoms with van der Waals surface area (Å²) in [7, 11) is 0. The lowest BCUT2D eigenvalue weighted by Gasteiger charge is -2.13. The lowest BCUT2D eigenvalue weighted by Crippen LogP contribution is -2.09. The first-order chi connectivity index (χ1) is 9.33. The second-order valence-corrected chi connectivity index (χ2v) is 5.54. The molecule has 2 aliphatic rings. The van der Waals surface area contributed by atoms with Crippen molar-refractivity contribution in [3.8, 4) is 0 Å². The number of aryl methyl sites for hydroxylation is 2. The Morgan fingerprint density at radius 2 is 1.95 bits per heavy atom. The maximum atomic E-state index is 6.11. The number of hydrogen-bond donors (Lipinski definition) is 1. The van der Waals surface area contributed by atoms with Crippen LogP contribution < -0.4 is 5.73 Å². The molecule has 0 saturated heterocycles. The summed E-state index contributed by atoms with van der Waals surface area (Å²) < 4.78 is 0. The highest BCUT2D eigenvalue weighted by Crippen LogP contribution is 2.37. The van der Waals surface area contributed by atoms with E-state index in [1.165, 1.54) is 28.8 Å². The molecule has 0 saturated carbocycles. The Balaban J connectivity index is 1.81. The van der Waals surface area contributed by atoms with Crippen LogP contribution in [0.25, 0.3) is 0 Å². The van der Waals surface area contributed by atoms with Gasteiger partial charge in [-0.2, -0.15) is 0 Å². The Morgan fingerprint density at radius 1 is 1.05 bits per heavy atom. The quantitative estimate of drug-likeness (QED) is 0.847. The van der Waals surface area contributed by atoms with Crippen LogP contribution in [0.3, 0.4) is 0 Å². The second kappa shape index (κ2) is 4.05. The number of aromatic nitrogens is 2. The van der Waals surface area contributed by atoms with E-state index < -0.39 is 0 Å². The van der Waals surface area contributed by atoms with E-state index >= 15 is 0 Å². The fraction of sp³-hybridized carbons (Fsp3) is 0.375. The molecule has 1 aromatic carbocycles. The maximum Gasteiger partial charge on any atom is 0.138 e. The topological polar surface area (TPSA) is 51.8 Å². The molecule has 1 atom stereocenters. The van der Waals surface area contributed by atoms with E-state index in [1.807, 2.05) is 0 Å². The summed E-state index contributed by atoms with van der Waals surface area (Å²) in [5, 5.41) is 0. The van der Waals surface area contributed by atoms with Crippen LogP contribution in [-0.2, 0) is 19.3 Å². The van der Waals surface area contributed by atoms with Crippen molar-refractivity contribution in [2.45, 2.75) is 38.0 Å². The molecule has 3 nitrogen and oxygen atoms in total. The van der Waals surface area contributed by atoms with Crippen LogP contribution >= 0.6 is 0 Å². The van der Waals surface area contributed by atoms with Crippen molar-refractivity contribution in [1.29, 1.82) is 0 Å². The number of nitrogen functional groups attached to an aromatic ring is 1. The summed E-state index contributed by atoms with van der Waals surface area (Å²) >= 11 is 0. The van der Waals surface area contributed by atoms with E-state index in [4.69, 9.17) is 10.7 Å². The van der Waals surface area contributed by atoms with Crippen molar-refractivity contribution in [3.05, 3.63) is 52.5 Å². The summed E-state index contributed by atoms with van der Waals surface area (Å²) in [6.45, 7) is 0. The number of anilines is 1. The first kappa shape index (κ1) is 11.0. The molecule has 2 N–H and O–H groups in total. The molecule has 0 amide bonds. The van der Waals surface area contributed by atoms with Crippen LogP contribution in [0.5, 0.6) is 0 Å². The summed E-state index contributed by atoms with van der Waals surface area (Å²) in [5.74, 6) is 1.98. The van der Waals surface area contributed by atoms with Crippen molar-refractivity contribution in [3.63, 3.8) is 0 Å². The molecule has 4 rings (SSSR count). The molecular formula is C16H17N3. The standard InChI is InChI=1S/C16H17N3/c17-15-13-6-3-7-14(13)18-16(19-15)12-9-8-10-4-1-2-5-11(10)12/h1-2,4-5,12H,3,6-9H2,(H2,17,18,19). The van der Waals surface area contributed by atoms with Crippen LogP contribution in [0.4, 0.5) is 5.82 Å². The number of fused-ring (bicyclic) bond motifs is 2. The molecule has 1 aromatic heterocycles. The number of hydrogen-bond acceptors (Lipinski definition) is 3. The Morgan fingerprint density at radius 3 is 2.89 bits per heavy atom. The molecule has 2 aromatic rings. The summed E-state index contributed by atoms with van der Waals surface area (Å²) in [6, 6.07) is 8.64. The minimum atomic E-state index is 0.337. The smallest absolute Gasteiger partial charge is 0.138 e. The van der Waals surface area contributed by atoms with E-state index in [-0.39, 0.29) is 0 Å². The van der Waals surface area contributed by atoms with Gasteiger partial charge in [-0.15, -0.1) is 0 Å². The molecule has 0 spiro atoms. The molecule has 2 aliphatic carbocycles. The normalized spacial score (nSPS) is 20.3. The molecular weight excluding hydrogens is 234 g/mol. The third-order valence-corrected chi connectivity index (χ3v) is 4.43. The van der Waals surface area contributed by atoms with Gasteiger partial charge >= 0.3 is 0 Å². The van der Waals surface area contributed by atoms with E-state index in [0.29, 0.717) is 11.7 Å². The summed E-state index contributed by atoms with van der Waals surface area (Å²) in [6.07, 6.45) is 5.50. The van der Waals surface area contributed by atoms with Crippen molar-refractivity contribution < 1.29 is 0 Å². The molecule has 0 fully saturated rings. The first-order valence-electron chi connectivity index (χ1n) is 7.06. The highest BCUT2D eigenvalue weighted by molar-refractivity contribution is 5.47. The van der Waals surface area contributed by atoms with Crippen LogP contribution in [0.1, 0.15) is 47.0 Å². The highest BCUT2D eigenvalue weighted by Gasteiger charge is 2.28. The van der Waals surface area contributed by atoms with Gasteiger partial charge in [-0.25, -0.2) is 9.97 Å². The molecule has 0 aliphatic heterocycles. The number of benzene rings is 1. The Bertz CT molecular complexity index is 648. The summed E-state index contributed by atoms with van der Waals surface area (Å²) in [5.41, 5.74) is 11.3. The average Bonchev–Trinajstić information content (AvgIpc) is 3.04. The minimum Gasteiger partial charge on any atom is -0.383 e. The fourth-order valence-corrected chi connectivity index (χ4v) is 3.46. The molecule has 96 valence electrons. The first-order valence-corrected chi connectivity index (χ1v) is 7.06. The van der Waals surface area contributed by atoms with Crippen LogP contribution in [0, 0.1) is 0 Å². The average molecular weight is 251 g/mol. The minimum absolute atomic E-state index is 0.337. The Hall–Kier alpha value is -1.90. The summed E-state index contributed by atoms with van der Waals surface area (Å²) in [4.78, 5) is 9.40. The van der Waals surface area contributed by atoms with E-state index in [9.17, 15) is 0 Å². The van der Waals surface area contributed by atoms with Gasteiger partial charge in [-0.1, -0.05) is 24.3 Å². The third-order valence-electron chi connectivity index (χ3n) is 4.43. The predicted octanol–water partition coefficient (Wildman–Crippen LogP) is 2.63. The second-order valence-electron chi connectivity index (χ2n) is 5.54. The molecule has 0 bridgehead atoms. The van der Waals surface area contributed by atoms with Gasteiger partial charge in [0.2, 0.25) is 0 Å². The maximum absolute atomic E-state index is 6.11. The van der Waals surface area contributed by atoms with Gasteiger partial charge in [0.15, 0.2) is 0 Å². The Kier molecular flexibility index (Phi) is 2.34. The van der Waals surface area contributed by atoms with Gasteiger partial charge in [-0.3, -0.25) is 0 Å². The van der Waals surface area contributed by atoms with Gasteiger partial charge in [0, 0.05) is 17.2 Å². The zero-order valence-electron chi connectivity index (χ0n) is 10.9. The monoisotopic (exact) mass is 251 g/mol. The van der Waals surface area contributed by atoms with E-state index in [0.717, 1.165) is 31.5 Å². The lowest BCUT2D eigenvalue weighted by atomic mass is 10.0. The fourth-order valence-electron chi connectivity index (χ4n) is 3.46. The SMILES string of the molecule is Nc1nc(C2CCc3ccccc32)nc2c1CCC2. The van der Waals surface area contributed by atoms with Crippen molar-refractivity contribution in [2.75, 3.05) is 5.73 Å². The molecule has 0 radical (unpaired) electrons. The van der Waals surface area contributed by atoms with Crippen molar-refractivity contribution >= 4 is 5.82 Å². The third kappa shape index (κ3) is 1.65. The molecule has 1 unspecified atom stereocenters. The zero-order valence-corrected chi connectivity index (χ0v) is 10.9. The van der Waals surface area contributed by atoms with Gasteiger partial charge in [-0.05, 0) is 43.2 Å². The van der Waals surface area contributed by atoms with Crippen LogP contribution in [-0.4, -0.2) is 9.97 Å². The number of nitrogens with zero attached hydrogens (tertiary/aromatic N) is 2. The number of nitrogens with two attached hydrogens (primary N) is 1. The largest absolute Gasteiger partial charge is 0.383 e. The van der Waals surface area contributed by atoms with Crippen molar-refractivity contribution in [1.82, 2.24) is 9.97 Å². The van der Waals surface area contributed by atoms with E-state index in [2.05, 4.69) is 29.2 Å². The molecule has 3 heteroatoms. The predicted molar refractivity (Wildman–Crippen MR) is 75.1 cm³/mol. The van der Waals surface area contributed by atoms with E-state index in [1.54, 1.807) is 0 Å². The van der Waals surface area contributed by atoms with Gasteiger partial charge in [0.05, 0.1) is 0 Å².